The number of hydrazine groups is 1. The molecule has 2 aromatic carbocycles. The zero-order valence-corrected chi connectivity index (χ0v) is 13.3. The van der Waals surface area contributed by atoms with Gasteiger partial charge in [-0.3, -0.25) is 29.8 Å². The van der Waals surface area contributed by atoms with Crippen LogP contribution in [0.3, 0.4) is 0 Å². The molecule has 0 saturated heterocycles. The molecule has 0 bridgehead atoms. The maximum absolute atomic E-state index is 13.3. The summed E-state index contributed by atoms with van der Waals surface area (Å²) >= 11 is 0. The van der Waals surface area contributed by atoms with Gasteiger partial charge in [0, 0.05) is 0 Å². The van der Waals surface area contributed by atoms with E-state index in [1.54, 1.807) is 12.1 Å². The maximum Gasteiger partial charge on any atom is 0.273 e. The molecule has 9 heteroatoms. The number of hydrogen-bond acceptors (Lipinski definition) is 5. The fourth-order valence-corrected chi connectivity index (χ4v) is 2.30. The summed E-state index contributed by atoms with van der Waals surface area (Å²) < 4.78 is 14.3. The number of carbonyl (C=O) groups is 2. The molecular weight excluding hydrogens is 343 g/mol. The molecule has 3 rings (SSSR count). The topological polar surface area (TPSA) is 113 Å². The van der Waals surface area contributed by atoms with E-state index in [9.17, 15) is 23.9 Å². The smallest absolute Gasteiger partial charge is 0.273 e. The van der Waals surface area contributed by atoms with Gasteiger partial charge in [0.2, 0.25) is 0 Å². The Bertz CT molecular complexity index is 1060. The molecule has 0 fully saturated rings. The Morgan fingerprint density at radius 3 is 2.69 bits per heavy atom. The summed E-state index contributed by atoms with van der Waals surface area (Å²) in [7, 11) is 0. The molecule has 8 nitrogen and oxygen atoms in total. The quantitative estimate of drug-likeness (QED) is 0.598. The first kappa shape index (κ1) is 17.1. The van der Waals surface area contributed by atoms with Gasteiger partial charge in [-0.1, -0.05) is 12.1 Å². The molecule has 3 aromatic rings. The highest BCUT2D eigenvalue weighted by atomic mass is 19.1. The molecule has 1 aromatic heterocycles. The number of halogens is 1. The number of benzene rings is 2. The van der Waals surface area contributed by atoms with Gasteiger partial charge in [0.25, 0.3) is 17.4 Å². The summed E-state index contributed by atoms with van der Waals surface area (Å²) in [6.07, 6.45) is 1.16. The number of nitrogens with one attached hydrogen (secondary N) is 2. The summed E-state index contributed by atoms with van der Waals surface area (Å²) in [5.41, 5.74) is 3.96. The van der Waals surface area contributed by atoms with Crippen LogP contribution in [0.2, 0.25) is 0 Å². The zero-order chi connectivity index (χ0) is 18.7. The van der Waals surface area contributed by atoms with Crippen LogP contribution in [0.4, 0.5) is 4.39 Å². The summed E-state index contributed by atoms with van der Waals surface area (Å²) in [6, 6.07) is 9.39. The number of nitrogens with zero attached hydrogens (tertiary/aromatic N) is 2. The number of fused-ring (bicyclic) bond motifs is 1. The van der Waals surface area contributed by atoms with Gasteiger partial charge in [0.1, 0.15) is 18.1 Å². The van der Waals surface area contributed by atoms with Crippen molar-refractivity contribution in [2.24, 2.45) is 0 Å². The van der Waals surface area contributed by atoms with Crippen molar-refractivity contribution >= 4 is 22.7 Å². The van der Waals surface area contributed by atoms with E-state index >= 15 is 0 Å². The number of phenolic OH excluding ortho intramolecular Hbond substituents is 1. The Kier molecular flexibility index (Phi) is 4.61. The molecule has 0 aliphatic rings. The largest absolute Gasteiger partial charge is 0.507 e. The highest BCUT2D eigenvalue weighted by Gasteiger charge is 2.12. The standard InChI is InChI=1S/C17H13FN4O4/c18-10-5-6-13-12(7-10)17(26)22(9-19-13)8-15(24)20-21-16(25)11-3-1-2-4-14(11)23/h1-7,9,23H,8H2,(H,20,24)(H,21,25). The fraction of sp³-hybridized carbons (Fsp3) is 0.0588. The Morgan fingerprint density at radius 1 is 1.15 bits per heavy atom. The fourth-order valence-electron chi connectivity index (χ4n) is 2.30. The molecule has 0 radical (unpaired) electrons. The highest BCUT2D eigenvalue weighted by molar-refractivity contribution is 5.97. The Balaban J connectivity index is 1.70. The van der Waals surface area contributed by atoms with Crippen LogP contribution in [-0.4, -0.2) is 26.5 Å². The molecule has 0 spiro atoms. The number of carbonyl (C=O) groups excluding carboxylic acids is 2. The average Bonchev–Trinajstić information content (AvgIpc) is 2.63. The van der Waals surface area contributed by atoms with Crippen LogP contribution in [0.15, 0.2) is 53.6 Å². The van der Waals surface area contributed by atoms with Crippen molar-refractivity contribution in [3.05, 3.63) is 70.5 Å². The predicted molar refractivity (Wildman–Crippen MR) is 89.7 cm³/mol. The molecule has 0 aliphatic heterocycles. The van der Waals surface area contributed by atoms with E-state index < -0.39 is 29.7 Å². The second-order valence-electron chi connectivity index (χ2n) is 5.36. The van der Waals surface area contributed by atoms with Crippen LogP contribution in [0.25, 0.3) is 10.9 Å². The van der Waals surface area contributed by atoms with E-state index in [0.717, 1.165) is 17.0 Å². The monoisotopic (exact) mass is 356 g/mol. The van der Waals surface area contributed by atoms with Crippen molar-refractivity contribution in [2.75, 3.05) is 0 Å². The van der Waals surface area contributed by atoms with Gasteiger partial charge >= 0.3 is 0 Å². The van der Waals surface area contributed by atoms with E-state index in [1.165, 1.54) is 24.3 Å². The van der Waals surface area contributed by atoms with Gasteiger partial charge in [-0.05, 0) is 30.3 Å². The third-order valence-electron chi connectivity index (χ3n) is 3.56. The molecule has 0 unspecified atom stereocenters. The van der Waals surface area contributed by atoms with Gasteiger partial charge in [0.15, 0.2) is 0 Å². The van der Waals surface area contributed by atoms with E-state index in [2.05, 4.69) is 15.8 Å². The first-order chi connectivity index (χ1) is 12.5. The van der Waals surface area contributed by atoms with E-state index in [-0.39, 0.29) is 16.7 Å². The van der Waals surface area contributed by atoms with Crippen molar-refractivity contribution in [2.45, 2.75) is 6.54 Å². The average molecular weight is 356 g/mol. The summed E-state index contributed by atoms with van der Waals surface area (Å²) in [5.74, 6) is -2.25. The molecule has 3 N–H and O–H groups in total. The van der Waals surface area contributed by atoms with Crippen molar-refractivity contribution < 1.29 is 19.1 Å². The normalized spacial score (nSPS) is 10.5. The second-order valence-corrected chi connectivity index (χ2v) is 5.36. The lowest BCUT2D eigenvalue weighted by atomic mass is 10.2. The Hall–Kier alpha value is -3.75. The van der Waals surface area contributed by atoms with Crippen LogP contribution in [0.5, 0.6) is 5.75 Å². The van der Waals surface area contributed by atoms with Crippen LogP contribution < -0.4 is 16.4 Å². The minimum absolute atomic E-state index is 0.0205. The maximum atomic E-state index is 13.3. The Morgan fingerprint density at radius 2 is 1.92 bits per heavy atom. The van der Waals surface area contributed by atoms with Crippen molar-refractivity contribution in [3.8, 4) is 5.75 Å². The van der Waals surface area contributed by atoms with Crippen LogP contribution in [-0.2, 0) is 11.3 Å². The third-order valence-corrected chi connectivity index (χ3v) is 3.56. The summed E-state index contributed by atoms with van der Waals surface area (Å²) in [5, 5.41) is 9.62. The van der Waals surface area contributed by atoms with Crippen molar-refractivity contribution in [1.29, 1.82) is 0 Å². The van der Waals surface area contributed by atoms with E-state index in [0.29, 0.717) is 5.52 Å². The zero-order valence-electron chi connectivity index (χ0n) is 13.3. The second kappa shape index (κ2) is 7.01. The lowest BCUT2D eigenvalue weighted by molar-refractivity contribution is -0.122. The third kappa shape index (κ3) is 3.51. The summed E-state index contributed by atoms with van der Waals surface area (Å²) in [6.45, 7) is -0.431. The number of rotatable bonds is 3. The van der Waals surface area contributed by atoms with Gasteiger partial charge in [-0.25, -0.2) is 9.37 Å². The number of phenols is 1. The van der Waals surface area contributed by atoms with Gasteiger partial charge in [-0.15, -0.1) is 0 Å². The summed E-state index contributed by atoms with van der Waals surface area (Å²) in [4.78, 5) is 40.1. The first-order valence-corrected chi connectivity index (χ1v) is 7.47. The molecule has 0 aliphatic carbocycles. The molecule has 0 atom stereocenters. The minimum atomic E-state index is -0.720. The number of aromatic hydroxyl groups is 1. The molecule has 26 heavy (non-hydrogen) atoms. The molecule has 2 amide bonds. The van der Waals surface area contributed by atoms with Gasteiger partial charge in [-0.2, -0.15) is 0 Å². The molecule has 132 valence electrons. The van der Waals surface area contributed by atoms with Crippen molar-refractivity contribution in [3.63, 3.8) is 0 Å². The van der Waals surface area contributed by atoms with Crippen molar-refractivity contribution in [1.82, 2.24) is 20.4 Å². The molecule has 0 saturated carbocycles. The van der Waals surface area contributed by atoms with Gasteiger partial charge in [0.05, 0.1) is 22.8 Å². The number of para-hydroxylation sites is 1. The lowest BCUT2D eigenvalue weighted by Gasteiger charge is -2.10. The van der Waals surface area contributed by atoms with Crippen LogP contribution in [0, 0.1) is 5.82 Å². The molecule has 1 heterocycles. The van der Waals surface area contributed by atoms with E-state index in [1.807, 2.05) is 0 Å². The Labute approximate surface area is 145 Å². The lowest BCUT2D eigenvalue weighted by Crippen LogP contribution is -2.44. The van der Waals surface area contributed by atoms with E-state index in [4.69, 9.17) is 0 Å². The SMILES string of the molecule is O=C(Cn1cnc2ccc(F)cc2c1=O)NNC(=O)c1ccccc1O. The minimum Gasteiger partial charge on any atom is -0.507 e. The van der Waals surface area contributed by atoms with Gasteiger partial charge < -0.3 is 5.11 Å². The number of hydrogen-bond donors (Lipinski definition) is 3. The number of aromatic nitrogens is 2. The van der Waals surface area contributed by atoms with Crippen LogP contribution in [0.1, 0.15) is 10.4 Å². The van der Waals surface area contributed by atoms with Crippen LogP contribution >= 0.6 is 0 Å². The number of amides is 2. The first-order valence-electron chi connectivity index (χ1n) is 7.47. The predicted octanol–water partition coefficient (Wildman–Crippen LogP) is 0.702. The molecular formula is C17H13FN4O4. The highest BCUT2D eigenvalue weighted by Crippen LogP contribution is 2.14.